The second-order valence-corrected chi connectivity index (χ2v) is 4.35. The van der Waals surface area contributed by atoms with Gasteiger partial charge in [-0.1, -0.05) is 48.5 Å². The third-order valence-electron chi connectivity index (χ3n) is 3.16. The van der Waals surface area contributed by atoms with Crippen molar-refractivity contribution in [3.63, 3.8) is 0 Å². The van der Waals surface area contributed by atoms with Gasteiger partial charge in [0.1, 0.15) is 0 Å². The van der Waals surface area contributed by atoms with Gasteiger partial charge in [0, 0.05) is 5.92 Å². The Labute approximate surface area is 113 Å². The summed E-state index contributed by atoms with van der Waals surface area (Å²) < 4.78 is 0. The second kappa shape index (κ2) is 5.99. The molecule has 2 nitrogen and oxygen atoms in total. The molecule has 0 radical (unpaired) electrons. The number of aliphatic hydroxyl groups is 1. The van der Waals surface area contributed by atoms with Gasteiger partial charge in [-0.3, -0.25) is 0 Å². The van der Waals surface area contributed by atoms with Gasteiger partial charge < -0.3 is 5.11 Å². The van der Waals surface area contributed by atoms with E-state index in [0.717, 1.165) is 11.1 Å². The van der Waals surface area contributed by atoms with Crippen LogP contribution in [0, 0.1) is 11.3 Å². The number of rotatable bonds is 4. The van der Waals surface area contributed by atoms with Crippen LogP contribution in [-0.4, -0.2) is 5.11 Å². The van der Waals surface area contributed by atoms with Crippen LogP contribution in [0.2, 0.25) is 0 Å². The zero-order valence-corrected chi connectivity index (χ0v) is 10.5. The molecule has 0 spiro atoms. The summed E-state index contributed by atoms with van der Waals surface area (Å²) >= 11 is 0. The minimum Gasteiger partial charge on any atom is -0.387 e. The summed E-state index contributed by atoms with van der Waals surface area (Å²) in [5, 5.41) is 19.2. The molecule has 2 heteroatoms. The molecule has 0 aliphatic rings. The van der Waals surface area contributed by atoms with Crippen molar-refractivity contribution in [3.8, 4) is 6.07 Å². The van der Waals surface area contributed by atoms with Crippen LogP contribution in [0.25, 0.3) is 0 Å². The van der Waals surface area contributed by atoms with Crippen molar-refractivity contribution in [1.29, 1.82) is 5.26 Å². The molecule has 2 aromatic rings. The van der Waals surface area contributed by atoms with E-state index in [9.17, 15) is 5.11 Å². The zero-order valence-electron chi connectivity index (χ0n) is 10.5. The van der Waals surface area contributed by atoms with E-state index >= 15 is 0 Å². The van der Waals surface area contributed by atoms with E-state index < -0.39 is 6.10 Å². The van der Waals surface area contributed by atoms with Crippen LogP contribution >= 0.6 is 0 Å². The van der Waals surface area contributed by atoms with Crippen molar-refractivity contribution in [2.75, 3.05) is 0 Å². The fourth-order valence-electron chi connectivity index (χ4n) is 2.08. The first-order chi connectivity index (χ1) is 9.26. The van der Waals surface area contributed by atoms with Crippen molar-refractivity contribution in [3.05, 3.63) is 83.9 Å². The Bertz CT molecular complexity index is 581. The molecule has 94 valence electrons. The Morgan fingerprint density at radius 3 is 2.16 bits per heavy atom. The molecule has 2 rings (SSSR count). The van der Waals surface area contributed by atoms with E-state index in [2.05, 4.69) is 12.6 Å². The summed E-state index contributed by atoms with van der Waals surface area (Å²) in [5.74, 6) is -0.158. The highest BCUT2D eigenvalue weighted by molar-refractivity contribution is 5.35. The Hall–Kier alpha value is -2.37. The first-order valence-electron chi connectivity index (χ1n) is 6.12. The van der Waals surface area contributed by atoms with E-state index in [-0.39, 0.29) is 5.92 Å². The van der Waals surface area contributed by atoms with Crippen molar-refractivity contribution in [2.45, 2.75) is 12.0 Å². The third-order valence-corrected chi connectivity index (χ3v) is 3.16. The second-order valence-electron chi connectivity index (χ2n) is 4.35. The molecule has 1 N–H and O–H groups in total. The number of benzene rings is 2. The molecule has 0 unspecified atom stereocenters. The lowest BCUT2D eigenvalue weighted by Gasteiger charge is -2.20. The quantitative estimate of drug-likeness (QED) is 0.842. The summed E-state index contributed by atoms with van der Waals surface area (Å²) in [6.45, 7) is 3.81. The lowest BCUT2D eigenvalue weighted by Crippen LogP contribution is -2.08. The van der Waals surface area contributed by atoms with Gasteiger partial charge in [0.25, 0.3) is 0 Å². The Kier molecular flexibility index (Phi) is 4.12. The lowest BCUT2D eigenvalue weighted by atomic mass is 9.89. The largest absolute Gasteiger partial charge is 0.387 e. The monoisotopic (exact) mass is 249 g/mol. The first-order valence-corrected chi connectivity index (χ1v) is 6.12. The highest BCUT2D eigenvalue weighted by atomic mass is 16.3. The zero-order chi connectivity index (χ0) is 13.7. The fraction of sp³-hybridized carbons (Fsp3) is 0.118. The predicted molar refractivity (Wildman–Crippen MR) is 75.5 cm³/mol. The normalized spacial score (nSPS) is 13.3. The van der Waals surface area contributed by atoms with Gasteiger partial charge in [0.2, 0.25) is 0 Å². The van der Waals surface area contributed by atoms with Crippen LogP contribution in [0.3, 0.4) is 0 Å². The number of hydrogen-bond acceptors (Lipinski definition) is 2. The van der Waals surface area contributed by atoms with Crippen molar-refractivity contribution in [1.82, 2.24) is 0 Å². The molecule has 0 saturated heterocycles. The number of aliphatic hydroxyl groups excluding tert-OH is 1. The van der Waals surface area contributed by atoms with Crippen LogP contribution in [-0.2, 0) is 0 Å². The Balaban J connectivity index is 2.28. The molecule has 0 aliphatic carbocycles. The standard InChI is InChI=1S/C17H15NO/c1-2-16(14-6-4-3-5-7-14)17(19)15-10-8-13(12-18)9-11-15/h2-11,16-17,19H,1H2/t16-,17-/m0/s1. The molecular formula is C17H15NO. The molecule has 0 fully saturated rings. The SMILES string of the molecule is C=C[C@@H](c1ccccc1)[C@@H](O)c1ccc(C#N)cc1. The van der Waals surface area contributed by atoms with Gasteiger partial charge in [-0.15, -0.1) is 6.58 Å². The van der Waals surface area contributed by atoms with E-state index in [1.54, 1.807) is 30.3 Å². The molecule has 0 saturated carbocycles. The van der Waals surface area contributed by atoms with Gasteiger partial charge in [0.15, 0.2) is 0 Å². The predicted octanol–water partition coefficient (Wildman–Crippen LogP) is 3.56. The molecule has 0 heterocycles. The highest BCUT2D eigenvalue weighted by Crippen LogP contribution is 2.31. The van der Waals surface area contributed by atoms with E-state index in [1.165, 1.54) is 0 Å². The van der Waals surface area contributed by atoms with E-state index in [1.807, 2.05) is 30.3 Å². The summed E-state index contributed by atoms with van der Waals surface area (Å²) in [5.41, 5.74) is 2.40. The van der Waals surface area contributed by atoms with Crippen molar-refractivity contribution in [2.24, 2.45) is 0 Å². The molecule has 0 aliphatic heterocycles. The van der Waals surface area contributed by atoms with Crippen LogP contribution in [0.4, 0.5) is 0 Å². The lowest BCUT2D eigenvalue weighted by molar-refractivity contribution is 0.162. The maximum absolute atomic E-state index is 10.4. The van der Waals surface area contributed by atoms with Crippen molar-refractivity contribution >= 4 is 0 Å². The first kappa shape index (κ1) is 13.1. The molecular weight excluding hydrogens is 234 g/mol. The maximum atomic E-state index is 10.4. The van der Waals surface area contributed by atoms with Gasteiger partial charge in [-0.05, 0) is 23.3 Å². The molecule has 0 bridgehead atoms. The molecule has 0 aromatic heterocycles. The van der Waals surface area contributed by atoms with Gasteiger partial charge in [0.05, 0.1) is 17.7 Å². The van der Waals surface area contributed by atoms with Crippen LogP contribution in [0.5, 0.6) is 0 Å². The van der Waals surface area contributed by atoms with Gasteiger partial charge >= 0.3 is 0 Å². The average molecular weight is 249 g/mol. The van der Waals surface area contributed by atoms with Crippen LogP contribution in [0.15, 0.2) is 67.3 Å². The fourth-order valence-corrected chi connectivity index (χ4v) is 2.08. The molecule has 2 aromatic carbocycles. The van der Waals surface area contributed by atoms with Crippen LogP contribution in [0.1, 0.15) is 28.7 Å². The highest BCUT2D eigenvalue weighted by Gasteiger charge is 2.19. The van der Waals surface area contributed by atoms with E-state index in [4.69, 9.17) is 5.26 Å². The van der Waals surface area contributed by atoms with Crippen molar-refractivity contribution < 1.29 is 5.11 Å². The summed E-state index contributed by atoms with van der Waals surface area (Å²) in [6, 6.07) is 18.8. The smallest absolute Gasteiger partial charge is 0.0991 e. The minimum absolute atomic E-state index is 0.158. The maximum Gasteiger partial charge on any atom is 0.0991 e. The number of nitrogens with zero attached hydrogens (tertiary/aromatic N) is 1. The molecule has 19 heavy (non-hydrogen) atoms. The summed E-state index contributed by atoms with van der Waals surface area (Å²) in [6.07, 6.45) is 1.09. The third kappa shape index (κ3) is 2.90. The summed E-state index contributed by atoms with van der Waals surface area (Å²) in [7, 11) is 0. The number of nitriles is 1. The van der Waals surface area contributed by atoms with Gasteiger partial charge in [-0.25, -0.2) is 0 Å². The molecule has 0 amide bonds. The average Bonchev–Trinajstić information content (AvgIpc) is 2.49. The van der Waals surface area contributed by atoms with Crippen LogP contribution < -0.4 is 0 Å². The Morgan fingerprint density at radius 2 is 1.63 bits per heavy atom. The van der Waals surface area contributed by atoms with E-state index in [0.29, 0.717) is 5.56 Å². The molecule has 2 atom stereocenters. The van der Waals surface area contributed by atoms with Gasteiger partial charge in [-0.2, -0.15) is 5.26 Å². The summed E-state index contributed by atoms with van der Waals surface area (Å²) in [4.78, 5) is 0. The Morgan fingerprint density at radius 1 is 1.00 bits per heavy atom. The number of hydrogen-bond donors (Lipinski definition) is 1. The minimum atomic E-state index is -0.660. The topological polar surface area (TPSA) is 44.0 Å².